The van der Waals surface area contributed by atoms with Gasteiger partial charge in [-0.3, -0.25) is 9.59 Å². The molecule has 0 spiro atoms. The van der Waals surface area contributed by atoms with Crippen molar-refractivity contribution in [2.24, 2.45) is 0 Å². The second-order valence-electron chi connectivity index (χ2n) is 7.66. The number of carbonyl (C=O) groups excluding carboxylic acids is 1. The maximum absolute atomic E-state index is 13.3. The summed E-state index contributed by atoms with van der Waals surface area (Å²) in [6.45, 7) is 0.929. The predicted octanol–water partition coefficient (Wildman–Crippen LogP) is 2.61. The van der Waals surface area contributed by atoms with Gasteiger partial charge >= 0.3 is 5.97 Å². The highest BCUT2D eigenvalue weighted by Gasteiger charge is 2.25. The lowest BCUT2D eigenvalue weighted by molar-refractivity contribution is -0.139. The van der Waals surface area contributed by atoms with E-state index >= 15 is 0 Å². The Labute approximate surface area is 184 Å². The zero-order valence-corrected chi connectivity index (χ0v) is 17.7. The Balaban J connectivity index is 1.74. The molecule has 0 unspecified atom stereocenters. The van der Waals surface area contributed by atoms with Crippen LogP contribution in [0.1, 0.15) is 28.8 Å². The largest absolute Gasteiger partial charge is 0.493 e. The highest BCUT2D eigenvalue weighted by Crippen LogP contribution is 2.36. The van der Waals surface area contributed by atoms with E-state index in [2.05, 4.69) is 5.32 Å². The minimum absolute atomic E-state index is 0.103. The summed E-state index contributed by atoms with van der Waals surface area (Å²) in [6.07, 6.45) is 1.57. The first kappa shape index (κ1) is 21.4. The van der Waals surface area contributed by atoms with Gasteiger partial charge in [-0.2, -0.15) is 0 Å². The quantitative estimate of drug-likeness (QED) is 0.615. The molecule has 0 radical (unpaired) electrons. The van der Waals surface area contributed by atoms with Crippen LogP contribution in [0.5, 0.6) is 11.5 Å². The van der Waals surface area contributed by atoms with Crippen LogP contribution < -0.4 is 20.3 Å². The Morgan fingerprint density at radius 1 is 1.19 bits per heavy atom. The molecule has 1 aliphatic rings. The topological polar surface area (TPSA) is 107 Å². The molecular formula is C24H24N2O6. The van der Waals surface area contributed by atoms with Crippen LogP contribution >= 0.6 is 0 Å². The summed E-state index contributed by atoms with van der Waals surface area (Å²) in [4.78, 5) is 38.1. The fraction of sp³-hybridized carbons (Fsp3) is 0.292. The number of aryl methyl sites for hydroxylation is 1. The molecule has 32 heavy (non-hydrogen) atoms. The number of hydrogen-bond acceptors (Lipinski definition) is 5. The van der Waals surface area contributed by atoms with Crippen molar-refractivity contribution in [1.29, 1.82) is 0 Å². The molecule has 8 nitrogen and oxygen atoms in total. The van der Waals surface area contributed by atoms with E-state index in [9.17, 15) is 19.5 Å². The normalized spacial score (nSPS) is 14.0. The molecule has 8 heteroatoms. The highest BCUT2D eigenvalue weighted by molar-refractivity contribution is 6.00. The number of pyridine rings is 1. The first-order chi connectivity index (χ1) is 15.5. The highest BCUT2D eigenvalue weighted by atomic mass is 16.5. The van der Waals surface area contributed by atoms with Crippen LogP contribution in [0.4, 0.5) is 0 Å². The number of aromatic nitrogens is 1. The first-order valence-corrected chi connectivity index (χ1v) is 10.4. The number of hydrogen-bond donors (Lipinski definition) is 2. The van der Waals surface area contributed by atoms with Crippen molar-refractivity contribution >= 4 is 22.8 Å². The Kier molecular flexibility index (Phi) is 6.11. The number of carboxylic acid groups (broad SMARTS) is 1. The van der Waals surface area contributed by atoms with E-state index in [0.29, 0.717) is 42.0 Å². The molecule has 1 aromatic heterocycles. The lowest BCUT2D eigenvalue weighted by atomic mass is 10.0. The van der Waals surface area contributed by atoms with Crippen LogP contribution in [-0.2, 0) is 17.8 Å². The van der Waals surface area contributed by atoms with E-state index in [1.807, 2.05) is 6.07 Å². The lowest BCUT2D eigenvalue weighted by Crippen LogP contribution is -2.44. The number of amides is 1. The molecule has 3 aromatic rings. The molecule has 166 valence electrons. The van der Waals surface area contributed by atoms with Gasteiger partial charge in [-0.05, 0) is 36.6 Å². The van der Waals surface area contributed by atoms with Crippen LogP contribution in [-0.4, -0.2) is 41.3 Å². The zero-order chi connectivity index (χ0) is 22.7. The van der Waals surface area contributed by atoms with E-state index in [4.69, 9.17) is 9.47 Å². The molecule has 0 saturated carbocycles. The lowest BCUT2D eigenvalue weighted by Gasteiger charge is -2.21. The maximum Gasteiger partial charge on any atom is 0.326 e. The molecule has 2 N–H and O–H groups in total. The van der Waals surface area contributed by atoms with Gasteiger partial charge in [0.25, 0.3) is 11.5 Å². The Morgan fingerprint density at radius 2 is 1.97 bits per heavy atom. The summed E-state index contributed by atoms with van der Waals surface area (Å²) in [7, 11) is 1.53. The van der Waals surface area contributed by atoms with Gasteiger partial charge in [0.05, 0.1) is 19.2 Å². The van der Waals surface area contributed by atoms with Crippen molar-refractivity contribution in [1.82, 2.24) is 9.88 Å². The summed E-state index contributed by atoms with van der Waals surface area (Å²) in [5.41, 5.74) is 0.754. The van der Waals surface area contributed by atoms with Gasteiger partial charge in [0.1, 0.15) is 11.6 Å². The van der Waals surface area contributed by atoms with Crippen LogP contribution in [0, 0.1) is 0 Å². The third-order valence-electron chi connectivity index (χ3n) is 5.54. The van der Waals surface area contributed by atoms with Crippen molar-refractivity contribution in [3.8, 4) is 11.5 Å². The standard InChI is InChI=1S/C24H24N2O6/c1-31-19-10-9-16-14-17(23(28)26-11-5-6-12-32-21(19)20(16)26)22(27)25-18(24(29)30)13-15-7-3-2-4-8-15/h2-4,7-10,14,18H,5-6,11-13H2,1H3,(H,25,27)(H,29,30)/t18-/m1/s1. The molecule has 1 aliphatic heterocycles. The van der Waals surface area contributed by atoms with Crippen molar-refractivity contribution in [2.75, 3.05) is 13.7 Å². The second kappa shape index (κ2) is 9.13. The minimum atomic E-state index is -1.17. The number of carbonyl (C=O) groups is 2. The molecule has 0 bridgehead atoms. The Hall–Kier alpha value is -3.81. The molecule has 4 rings (SSSR count). The molecule has 1 amide bonds. The average molecular weight is 436 g/mol. The van der Waals surface area contributed by atoms with Gasteiger partial charge in [-0.15, -0.1) is 0 Å². The van der Waals surface area contributed by atoms with Crippen LogP contribution in [0.2, 0.25) is 0 Å². The number of ether oxygens (including phenoxy) is 2. The van der Waals surface area contributed by atoms with Crippen molar-refractivity contribution < 1.29 is 24.2 Å². The van der Waals surface area contributed by atoms with Crippen molar-refractivity contribution in [3.05, 3.63) is 70.0 Å². The van der Waals surface area contributed by atoms with Gasteiger partial charge in [-0.1, -0.05) is 30.3 Å². The summed E-state index contributed by atoms with van der Waals surface area (Å²) < 4.78 is 12.8. The fourth-order valence-corrected chi connectivity index (χ4v) is 3.94. The van der Waals surface area contributed by atoms with Gasteiger partial charge in [0.2, 0.25) is 0 Å². The number of nitrogens with one attached hydrogen (secondary N) is 1. The summed E-state index contributed by atoms with van der Waals surface area (Å²) >= 11 is 0. The maximum atomic E-state index is 13.3. The van der Waals surface area contributed by atoms with Crippen LogP contribution in [0.25, 0.3) is 10.9 Å². The monoisotopic (exact) mass is 436 g/mol. The molecular weight excluding hydrogens is 412 g/mol. The first-order valence-electron chi connectivity index (χ1n) is 10.4. The Bertz CT molecular complexity index is 1220. The molecule has 0 fully saturated rings. The number of benzene rings is 2. The van der Waals surface area contributed by atoms with E-state index in [-0.39, 0.29) is 12.0 Å². The number of rotatable bonds is 6. The van der Waals surface area contributed by atoms with E-state index in [1.165, 1.54) is 17.7 Å². The fourth-order valence-electron chi connectivity index (χ4n) is 3.94. The number of methoxy groups -OCH3 is 1. The molecule has 0 aliphatic carbocycles. The van der Waals surface area contributed by atoms with Crippen LogP contribution in [0.3, 0.4) is 0 Å². The van der Waals surface area contributed by atoms with Gasteiger partial charge in [-0.25, -0.2) is 4.79 Å². The smallest absolute Gasteiger partial charge is 0.326 e. The predicted molar refractivity (Wildman–Crippen MR) is 119 cm³/mol. The SMILES string of the molecule is COc1ccc2cc(C(=O)N[C@H](Cc3ccccc3)C(=O)O)c(=O)n3c2c1OCCCC3. The molecule has 2 heterocycles. The Morgan fingerprint density at radius 3 is 2.69 bits per heavy atom. The zero-order valence-electron chi connectivity index (χ0n) is 17.7. The number of aliphatic carboxylic acids is 1. The summed E-state index contributed by atoms with van der Waals surface area (Å²) in [5, 5.41) is 12.8. The minimum Gasteiger partial charge on any atom is -0.493 e. The van der Waals surface area contributed by atoms with Gasteiger partial charge < -0.3 is 24.5 Å². The molecule has 2 aromatic carbocycles. The second-order valence-corrected chi connectivity index (χ2v) is 7.66. The summed E-state index contributed by atoms with van der Waals surface area (Å²) in [5.74, 6) is -0.901. The average Bonchev–Trinajstić information content (AvgIpc) is 2.77. The van der Waals surface area contributed by atoms with Gasteiger partial charge in [0.15, 0.2) is 11.5 Å². The third kappa shape index (κ3) is 4.16. The van der Waals surface area contributed by atoms with Crippen molar-refractivity contribution in [3.63, 3.8) is 0 Å². The van der Waals surface area contributed by atoms with E-state index in [0.717, 1.165) is 12.0 Å². The third-order valence-corrected chi connectivity index (χ3v) is 5.54. The van der Waals surface area contributed by atoms with E-state index in [1.54, 1.807) is 36.4 Å². The number of nitrogens with zero attached hydrogens (tertiary/aromatic N) is 1. The molecule has 1 atom stereocenters. The number of carboxylic acids is 1. The van der Waals surface area contributed by atoms with Crippen molar-refractivity contribution in [2.45, 2.75) is 31.8 Å². The summed E-state index contributed by atoms with van der Waals surface area (Å²) in [6, 6.07) is 12.8. The van der Waals surface area contributed by atoms with E-state index < -0.39 is 23.5 Å². The van der Waals surface area contributed by atoms with Crippen LogP contribution in [0.15, 0.2) is 53.3 Å². The van der Waals surface area contributed by atoms with Gasteiger partial charge in [0, 0.05) is 18.4 Å². The molecule has 0 saturated heterocycles.